The minimum atomic E-state index is -0.868. The Morgan fingerprint density at radius 3 is 2.43 bits per heavy atom. The van der Waals surface area contributed by atoms with Crippen LogP contribution in [0, 0.1) is 5.41 Å². The molecule has 0 aromatic heterocycles. The molecule has 0 spiro atoms. The molecule has 1 aliphatic rings. The van der Waals surface area contributed by atoms with Crippen LogP contribution in [0.3, 0.4) is 0 Å². The van der Waals surface area contributed by atoms with E-state index in [1.54, 1.807) is 0 Å². The lowest BCUT2D eigenvalue weighted by atomic mass is 9.73. The molecule has 1 fully saturated rings. The van der Waals surface area contributed by atoms with Gasteiger partial charge in [-0.15, -0.1) is 0 Å². The van der Waals surface area contributed by atoms with E-state index in [0.717, 1.165) is 19.3 Å². The number of urea groups is 1. The van der Waals surface area contributed by atoms with Crippen LogP contribution >= 0.6 is 0 Å². The van der Waals surface area contributed by atoms with Crippen LogP contribution in [-0.2, 0) is 9.59 Å². The lowest BCUT2D eigenvalue weighted by molar-refractivity contribution is -0.137. The predicted octanol–water partition coefficient (Wildman–Crippen LogP) is 2.43. The lowest BCUT2D eigenvalue weighted by Gasteiger charge is -2.38. The summed E-state index contributed by atoms with van der Waals surface area (Å²) in [6, 6.07) is -0.357. The van der Waals surface area contributed by atoms with E-state index in [2.05, 4.69) is 24.5 Å². The number of unbranched alkanes of at least 4 members (excludes halogenated alkanes) is 1. The Bertz CT molecular complexity index is 393. The standard InChI is InChI=1S/C15H26N2O4/c1-15(2)10-6-5-7-11(15)16-14(21)17-12(18)8-3-4-9-13(19)20/h11H,3-10H2,1-2H3,(H,19,20)(H2,16,17,18,21). The number of aliphatic carboxylic acids is 1. The highest BCUT2D eigenvalue weighted by molar-refractivity contribution is 5.94. The van der Waals surface area contributed by atoms with E-state index in [1.165, 1.54) is 6.42 Å². The van der Waals surface area contributed by atoms with Crippen LogP contribution in [0.4, 0.5) is 4.79 Å². The van der Waals surface area contributed by atoms with Crippen molar-refractivity contribution in [1.82, 2.24) is 10.6 Å². The fourth-order valence-corrected chi connectivity index (χ4v) is 2.71. The van der Waals surface area contributed by atoms with Gasteiger partial charge in [-0.25, -0.2) is 4.79 Å². The third kappa shape index (κ3) is 6.60. The quantitative estimate of drug-likeness (QED) is 0.656. The van der Waals surface area contributed by atoms with Crippen molar-refractivity contribution < 1.29 is 19.5 Å². The monoisotopic (exact) mass is 298 g/mol. The second-order valence-corrected chi connectivity index (χ2v) is 6.41. The molecule has 21 heavy (non-hydrogen) atoms. The van der Waals surface area contributed by atoms with Gasteiger partial charge in [0.25, 0.3) is 0 Å². The highest BCUT2D eigenvalue weighted by atomic mass is 16.4. The molecule has 0 bridgehead atoms. The van der Waals surface area contributed by atoms with Gasteiger partial charge in [-0.1, -0.05) is 26.7 Å². The predicted molar refractivity (Wildman–Crippen MR) is 78.8 cm³/mol. The van der Waals surface area contributed by atoms with E-state index in [0.29, 0.717) is 12.8 Å². The first-order valence-corrected chi connectivity index (χ1v) is 7.63. The van der Waals surface area contributed by atoms with Crippen molar-refractivity contribution in [2.45, 2.75) is 71.3 Å². The molecule has 0 aromatic rings. The van der Waals surface area contributed by atoms with Crippen molar-refractivity contribution in [3.63, 3.8) is 0 Å². The van der Waals surface area contributed by atoms with Gasteiger partial charge in [-0.3, -0.25) is 14.9 Å². The number of carbonyl (C=O) groups is 3. The van der Waals surface area contributed by atoms with Crippen molar-refractivity contribution >= 4 is 17.9 Å². The normalized spacial score (nSPS) is 20.6. The van der Waals surface area contributed by atoms with E-state index in [4.69, 9.17) is 5.11 Å². The van der Waals surface area contributed by atoms with Gasteiger partial charge in [-0.05, 0) is 31.1 Å². The number of carboxylic acid groups (broad SMARTS) is 1. The van der Waals surface area contributed by atoms with E-state index >= 15 is 0 Å². The SMILES string of the molecule is CC1(C)CCCCC1NC(=O)NC(=O)CCCCC(=O)O. The van der Waals surface area contributed by atoms with Gasteiger partial charge in [-0.2, -0.15) is 0 Å². The first kappa shape index (κ1) is 17.5. The molecule has 6 nitrogen and oxygen atoms in total. The number of carboxylic acids is 1. The molecular formula is C15H26N2O4. The first-order chi connectivity index (χ1) is 9.81. The third-order valence-corrected chi connectivity index (χ3v) is 4.11. The molecule has 0 aromatic carbocycles. The molecular weight excluding hydrogens is 272 g/mol. The minimum Gasteiger partial charge on any atom is -0.481 e. The Morgan fingerprint density at radius 2 is 1.81 bits per heavy atom. The molecule has 0 saturated heterocycles. The summed E-state index contributed by atoms with van der Waals surface area (Å²) in [5.41, 5.74) is 0.0557. The number of hydrogen-bond donors (Lipinski definition) is 3. The Hall–Kier alpha value is -1.59. The molecule has 1 aliphatic carbocycles. The van der Waals surface area contributed by atoms with Gasteiger partial charge in [0.2, 0.25) is 5.91 Å². The van der Waals surface area contributed by atoms with Crippen LogP contribution in [0.1, 0.15) is 65.2 Å². The average Bonchev–Trinajstić information content (AvgIpc) is 2.37. The fraction of sp³-hybridized carbons (Fsp3) is 0.800. The largest absolute Gasteiger partial charge is 0.481 e. The van der Waals surface area contributed by atoms with E-state index in [-0.39, 0.29) is 30.2 Å². The van der Waals surface area contributed by atoms with Gasteiger partial charge in [0, 0.05) is 18.9 Å². The lowest BCUT2D eigenvalue weighted by Crippen LogP contribution is -2.51. The van der Waals surface area contributed by atoms with Crippen LogP contribution in [0.15, 0.2) is 0 Å². The van der Waals surface area contributed by atoms with Crippen LogP contribution in [0.25, 0.3) is 0 Å². The van der Waals surface area contributed by atoms with Crippen molar-refractivity contribution in [1.29, 1.82) is 0 Å². The average molecular weight is 298 g/mol. The Labute approximate surface area is 125 Å². The Kier molecular flexibility index (Phi) is 6.65. The third-order valence-electron chi connectivity index (χ3n) is 4.11. The van der Waals surface area contributed by atoms with E-state index in [1.807, 2.05) is 0 Å². The topological polar surface area (TPSA) is 95.5 Å². The van der Waals surface area contributed by atoms with Gasteiger partial charge >= 0.3 is 12.0 Å². The number of amides is 3. The number of rotatable bonds is 6. The van der Waals surface area contributed by atoms with Gasteiger partial charge < -0.3 is 10.4 Å². The number of nitrogens with one attached hydrogen (secondary N) is 2. The second-order valence-electron chi connectivity index (χ2n) is 6.41. The summed E-state index contributed by atoms with van der Waals surface area (Å²) in [5, 5.41) is 13.7. The number of imide groups is 1. The first-order valence-electron chi connectivity index (χ1n) is 7.63. The molecule has 0 heterocycles. The molecule has 1 saturated carbocycles. The molecule has 1 atom stereocenters. The highest BCUT2D eigenvalue weighted by Crippen LogP contribution is 2.35. The van der Waals surface area contributed by atoms with Crippen molar-refractivity contribution in [3.8, 4) is 0 Å². The maximum absolute atomic E-state index is 11.8. The molecule has 1 unspecified atom stereocenters. The molecule has 6 heteroatoms. The van der Waals surface area contributed by atoms with Gasteiger partial charge in [0.1, 0.15) is 0 Å². The zero-order chi connectivity index (χ0) is 15.9. The molecule has 1 rings (SSSR count). The molecule has 0 aliphatic heterocycles. The number of hydrogen-bond acceptors (Lipinski definition) is 3. The maximum atomic E-state index is 11.8. The van der Waals surface area contributed by atoms with E-state index < -0.39 is 12.0 Å². The Morgan fingerprint density at radius 1 is 1.14 bits per heavy atom. The summed E-state index contributed by atoms with van der Waals surface area (Å²) in [6.07, 6.45) is 5.42. The van der Waals surface area contributed by atoms with E-state index in [9.17, 15) is 14.4 Å². The second kappa shape index (κ2) is 8.00. The maximum Gasteiger partial charge on any atom is 0.321 e. The van der Waals surface area contributed by atoms with Gasteiger partial charge in [0.05, 0.1) is 0 Å². The summed E-state index contributed by atoms with van der Waals surface area (Å²) in [5.74, 6) is -1.22. The van der Waals surface area contributed by atoms with Crippen molar-refractivity contribution in [3.05, 3.63) is 0 Å². The van der Waals surface area contributed by atoms with Crippen LogP contribution in [0.2, 0.25) is 0 Å². The summed E-state index contributed by atoms with van der Waals surface area (Å²) in [6.45, 7) is 4.26. The van der Waals surface area contributed by atoms with Crippen LogP contribution in [-0.4, -0.2) is 29.1 Å². The minimum absolute atomic E-state index is 0.0513. The smallest absolute Gasteiger partial charge is 0.321 e. The van der Waals surface area contributed by atoms with Crippen LogP contribution < -0.4 is 10.6 Å². The molecule has 0 radical (unpaired) electrons. The fourth-order valence-electron chi connectivity index (χ4n) is 2.71. The van der Waals surface area contributed by atoms with Crippen molar-refractivity contribution in [2.75, 3.05) is 0 Å². The zero-order valence-corrected chi connectivity index (χ0v) is 12.9. The molecule has 120 valence electrons. The highest BCUT2D eigenvalue weighted by Gasteiger charge is 2.33. The summed E-state index contributed by atoms with van der Waals surface area (Å²) >= 11 is 0. The summed E-state index contributed by atoms with van der Waals surface area (Å²) < 4.78 is 0. The van der Waals surface area contributed by atoms with Crippen molar-refractivity contribution in [2.24, 2.45) is 5.41 Å². The zero-order valence-electron chi connectivity index (χ0n) is 12.9. The Balaban J connectivity index is 2.26. The van der Waals surface area contributed by atoms with Gasteiger partial charge in [0.15, 0.2) is 0 Å². The number of carbonyl (C=O) groups excluding carboxylic acids is 2. The molecule has 3 N–H and O–H groups in total. The van der Waals surface area contributed by atoms with Crippen LogP contribution in [0.5, 0.6) is 0 Å². The summed E-state index contributed by atoms with van der Waals surface area (Å²) in [7, 11) is 0. The summed E-state index contributed by atoms with van der Waals surface area (Å²) in [4.78, 5) is 33.7. The molecule has 3 amide bonds.